The molecule has 9 nitrogen and oxygen atoms in total. The van der Waals surface area contributed by atoms with Crippen LogP contribution < -0.4 is 4.74 Å². The lowest BCUT2D eigenvalue weighted by Crippen LogP contribution is -2.06. The molecule has 0 unspecified atom stereocenters. The molecule has 35 heavy (non-hydrogen) atoms. The minimum Gasteiger partial charge on any atom is -0.495 e. The number of benzene rings is 2. The Hall–Kier alpha value is -4.31. The highest BCUT2D eigenvalue weighted by Crippen LogP contribution is 2.31. The summed E-state index contributed by atoms with van der Waals surface area (Å²) >= 11 is 0. The number of aromatic nitrogens is 5. The van der Waals surface area contributed by atoms with Gasteiger partial charge in [0.1, 0.15) is 10.6 Å². The zero-order valence-corrected chi connectivity index (χ0v) is 19.6. The fourth-order valence-corrected chi connectivity index (χ4v) is 5.17. The van der Waals surface area contributed by atoms with E-state index in [0.717, 1.165) is 5.56 Å². The van der Waals surface area contributed by atoms with Crippen LogP contribution in [0.4, 0.5) is 0 Å². The van der Waals surface area contributed by atoms with Crippen LogP contribution in [0.2, 0.25) is 0 Å². The molecule has 176 valence electrons. The summed E-state index contributed by atoms with van der Waals surface area (Å²) in [6.45, 7) is 0. The van der Waals surface area contributed by atoms with Gasteiger partial charge in [-0.05, 0) is 42.3 Å². The number of imidazole rings is 1. The Balaban J connectivity index is 1.31. The van der Waals surface area contributed by atoms with Crippen LogP contribution in [0.25, 0.3) is 11.5 Å². The molecule has 3 heterocycles. The van der Waals surface area contributed by atoms with Crippen molar-refractivity contribution < 1.29 is 17.9 Å². The van der Waals surface area contributed by atoms with Gasteiger partial charge in [0.15, 0.2) is 5.78 Å². The predicted octanol–water partition coefficient (Wildman–Crippen LogP) is 3.57. The molecule has 0 aliphatic heterocycles. The molecule has 0 N–H and O–H groups in total. The summed E-state index contributed by atoms with van der Waals surface area (Å²) in [5, 5.41) is 4.16. The Bertz CT molecular complexity index is 1610. The zero-order chi connectivity index (χ0) is 24.4. The maximum atomic E-state index is 13.3. The number of fused-ring (bicyclic) bond motifs is 1. The van der Waals surface area contributed by atoms with Crippen molar-refractivity contribution >= 4 is 21.4 Å². The minimum atomic E-state index is -3.81. The van der Waals surface area contributed by atoms with Crippen molar-refractivity contribution in [2.45, 2.75) is 22.6 Å². The zero-order valence-electron chi connectivity index (χ0n) is 18.8. The molecule has 10 heteroatoms. The van der Waals surface area contributed by atoms with Crippen LogP contribution in [0.1, 0.15) is 22.3 Å². The molecular weight excluding hydrogens is 466 g/mol. The van der Waals surface area contributed by atoms with Gasteiger partial charge in [-0.1, -0.05) is 12.1 Å². The first kappa shape index (κ1) is 22.5. The number of nitrogens with zero attached hydrogens (tertiary/aromatic N) is 5. The first-order chi connectivity index (χ1) is 17.0. The molecule has 5 aromatic rings. The second-order valence-corrected chi connectivity index (χ2v) is 9.75. The highest BCUT2D eigenvalue weighted by Gasteiger charge is 2.23. The van der Waals surface area contributed by atoms with E-state index < -0.39 is 9.84 Å². The summed E-state index contributed by atoms with van der Waals surface area (Å²) in [7, 11) is -2.38. The molecule has 0 bridgehead atoms. The average molecular weight is 488 g/mol. The van der Waals surface area contributed by atoms with Crippen LogP contribution in [0.5, 0.6) is 5.75 Å². The number of methoxy groups -OCH3 is 1. The molecular formula is C25H21N5O4S. The number of hydrogen-bond acceptors (Lipinski definition) is 7. The summed E-state index contributed by atoms with van der Waals surface area (Å²) < 4.78 is 35.3. The van der Waals surface area contributed by atoms with E-state index in [1.807, 2.05) is 0 Å². The molecule has 0 saturated heterocycles. The van der Waals surface area contributed by atoms with E-state index in [-0.39, 0.29) is 27.7 Å². The van der Waals surface area contributed by atoms with Crippen LogP contribution in [-0.4, -0.2) is 45.5 Å². The van der Waals surface area contributed by atoms with Crippen LogP contribution in [0.3, 0.4) is 0 Å². The molecule has 0 aliphatic rings. The van der Waals surface area contributed by atoms with Gasteiger partial charge < -0.3 is 4.74 Å². The lowest BCUT2D eigenvalue weighted by atomic mass is 10.0. The molecule has 0 atom stereocenters. The van der Waals surface area contributed by atoms with E-state index in [0.29, 0.717) is 23.4 Å². The van der Waals surface area contributed by atoms with E-state index >= 15 is 0 Å². The Morgan fingerprint density at radius 3 is 2.60 bits per heavy atom. The summed E-state index contributed by atoms with van der Waals surface area (Å²) in [6.07, 6.45) is 10.7. The van der Waals surface area contributed by atoms with E-state index in [1.54, 1.807) is 82.5 Å². The lowest BCUT2D eigenvalue weighted by Gasteiger charge is -2.12. The summed E-state index contributed by atoms with van der Waals surface area (Å²) in [6, 6.07) is 13.2. The van der Waals surface area contributed by atoms with Gasteiger partial charge in [0.05, 0.1) is 23.3 Å². The van der Waals surface area contributed by atoms with Gasteiger partial charge in [0, 0.05) is 49.7 Å². The predicted molar refractivity (Wildman–Crippen MR) is 128 cm³/mol. The largest absolute Gasteiger partial charge is 0.495 e. The third-order valence-corrected chi connectivity index (χ3v) is 7.46. The van der Waals surface area contributed by atoms with Crippen LogP contribution in [-0.2, 0) is 16.3 Å². The fraction of sp³-hybridized carbons (Fsp3) is 0.120. The second kappa shape index (κ2) is 9.15. The second-order valence-electron chi connectivity index (χ2n) is 7.83. The van der Waals surface area contributed by atoms with E-state index in [9.17, 15) is 13.2 Å². The molecule has 0 amide bonds. The Kier molecular flexibility index (Phi) is 5.87. The number of ketones is 1. The van der Waals surface area contributed by atoms with Crippen LogP contribution in [0, 0.1) is 0 Å². The Labute approximate surface area is 201 Å². The Morgan fingerprint density at radius 2 is 1.86 bits per heavy atom. The molecule has 0 radical (unpaired) electrons. The summed E-state index contributed by atoms with van der Waals surface area (Å²) in [5.74, 6) is 0.717. The maximum absolute atomic E-state index is 13.3. The van der Waals surface area contributed by atoms with Crippen LogP contribution >= 0.6 is 0 Å². The molecule has 0 spiro atoms. The van der Waals surface area contributed by atoms with Crippen LogP contribution in [0.15, 0.2) is 95.5 Å². The third kappa shape index (κ3) is 4.43. The standard InChI is InChI=1S/C25H21N5O4S/c1-34-23-15-20(30-13-2-11-28-30)6-10-24(23)35(32,33)21-7-3-18(4-8-21)5-9-22(31)19-16-27-25-26-12-14-29(25)17-19/h2-4,6-8,10-17H,5,9H2,1H3. The molecule has 0 saturated carbocycles. The highest BCUT2D eigenvalue weighted by molar-refractivity contribution is 7.91. The van der Waals surface area contributed by atoms with Crippen molar-refractivity contribution in [3.05, 3.63) is 96.8 Å². The normalized spacial score (nSPS) is 11.6. The van der Waals surface area contributed by atoms with Gasteiger partial charge in [0.2, 0.25) is 15.6 Å². The number of rotatable bonds is 8. The number of carbonyl (C=O) groups excluding carboxylic acids is 1. The van der Waals surface area contributed by atoms with Gasteiger partial charge in [-0.25, -0.2) is 23.1 Å². The van der Waals surface area contributed by atoms with Crippen molar-refractivity contribution in [1.29, 1.82) is 0 Å². The van der Waals surface area contributed by atoms with Gasteiger partial charge in [-0.15, -0.1) is 0 Å². The molecule has 2 aromatic carbocycles. The van der Waals surface area contributed by atoms with Gasteiger partial charge in [-0.2, -0.15) is 5.10 Å². The highest BCUT2D eigenvalue weighted by atomic mass is 32.2. The maximum Gasteiger partial charge on any atom is 0.233 e. The molecule has 3 aromatic heterocycles. The lowest BCUT2D eigenvalue weighted by molar-refractivity contribution is 0.0982. The first-order valence-corrected chi connectivity index (χ1v) is 12.3. The van der Waals surface area contributed by atoms with Crippen molar-refractivity contribution in [3.63, 3.8) is 0 Å². The number of ether oxygens (including phenoxy) is 1. The van der Waals surface area contributed by atoms with E-state index in [1.165, 1.54) is 19.4 Å². The first-order valence-electron chi connectivity index (χ1n) is 10.8. The average Bonchev–Trinajstić information content (AvgIpc) is 3.59. The van der Waals surface area contributed by atoms with Crippen molar-refractivity contribution in [3.8, 4) is 11.4 Å². The number of aryl methyl sites for hydroxylation is 1. The van der Waals surface area contributed by atoms with Gasteiger partial charge in [0.25, 0.3) is 0 Å². The van der Waals surface area contributed by atoms with Gasteiger partial charge >= 0.3 is 0 Å². The minimum absolute atomic E-state index is 0.0493. The van der Waals surface area contributed by atoms with Crippen molar-refractivity contribution in [2.75, 3.05) is 7.11 Å². The fourth-order valence-electron chi connectivity index (χ4n) is 3.77. The van der Waals surface area contributed by atoms with Crippen molar-refractivity contribution in [1.82, 2.24) is 24.1 Å². The number of Topliss-reactive ketones (excluding diaryl/α,β-unsaturated/α-hetero) is 1. The monoisotopic (exact) mass is 487 g/mol. The topological polar surface area (TPSA) is 108 Å². The number of sulfone groups is 1. The third-order valence-electron chi connectivity index (χ3n) is 5.65. The van der Waals surface area contributed by atoms with E-state index in [4.69, 9.17) is 4.74 Å². The van der Waals surface area contributed by atoms with Gasteiger partial charge in [-0.3, -0.25) is 9.20 Å². The van der Waals surface area contributed by atoms with E-state index in [2.05, 4.69) is 15.1 Å². The van der Waals surface area contributed by atoms with Crippen molar-refractivity contribution in [2.24, 2.45) is 0 Å². The molecule has 0 fully saturated rings. The molecule has 0 aliphatic carbocycles. The quantitative estimate of drug-likeness (QED) is 0.308. The summed E-state index contributed by atoms with van der Waals surface area (Å²) in [4.78, 5) is 21.0. The summed E-state index contributed by atoms with van der Waals surface area (Å²) in [5.41, 5.74) is 2.04. The smallest absolute Gasteiger partial charge is 0.233 e. The number of hydrogen-bond donors (Lipinski definition) is 0. The SMILES string of the molecule is COc1cc(-n2cccn2)ccc1S(=O)(=O)c1ccc(CCC(=O)c2cnc3nccn3c2)cc1. The number of carbonyl (C=O) groups is 1. The Morgan fingerprint density at radius 1 is 1.03 bits per heavy atom. The molecule has 5 rings (SSSR count).